The fraction of sp³-hybridized carbons (Fsp3) is 0.182. The molecule has 2 rings (SSSR count). The molecule has 1 heterocycles. The first kappa shape index (κ1) is 13.5. The summed E-state index contributed by atoms with van der Waals surface area (Å²) in [7, 11) is -1.81. The Balaban J connectivity index is 2.71. The molecule has 7 heteroatoms. The highest BCUT2D eigenvalue weighted by atomic mass is 79.9. The Morgan fingerprint density at radius 2 is 2.17 bits per heavy atom. The second kappa shape index (κ2) is 4.97. The summed E-state index contributed by atoms with van der Waals surface area (Å²) in [6.07, 6.45) is 5.05. The molecule has 0 unspecified atom stereocenters. The second-order valence-corrected chi connectivity index (χ2v) is 8.04. The molecule has 2 aromatic rings. The van der Waals surface area contributed by atoms with Gasteiger partial charge in [-0.3, -0.25) is 0 Å². The highest BCUT2D eigenvalue weighted by Gasteiger charge is 2.06. The van der Waals surface area contributed by atoms with Crippen molar-refractivity contribution in [3.8, 4) is 0 Å². The Morgan fingerprint density at radius 1 is 1.44 bits per heavy atom. The van der Waals surface area contributed by atoms with E-state index in [2.05, 4.69) is 30.3 Å². The molecule has 0 spiro atoms. The van der Waals surface area contributed by atoms with Gasteiger partial charge in [0.25, 0.3) is 5.95 Å². The highest BCUT2D eigenvalue weighted by Crippen LogP contribution is 2.30. The van der Waals surface area contributed by atoms with Crippen LogP contribution in [0.5, 0.6) is 0 Å². The molecule has 0 fully saturated rings. The van der Waals surface area contributed by atoms with E-state index in [1.54, 1.807) is 18.7 Å². The minimum atomic E-state index is -1.81. The van der Waals surface area contributed by atoms with E-state index in [9.17, 15) is 4.79 Å². The lowest BCUT2D eigenvalue weighted by Gasteiger charge is -2.03. The lowest BCUT2D eigenvalue weighted by Crippen LogP contribution is -1.93. The van der Waals surface area contributed by atoms with Crippen molar-refractivity contribution in [3.63, 3.8) is 0 Å². The van der Waals surface area contributed by atoms with Crippen LogP contribution in [0.25, 0.3) is 10.9 Å². The van der Waals surface area contributed by atoms with Gasteiger partial charge in [0.15, 0.2) is 5.23 Å². The van der Waals surface area contributed by atoms with Gasteiger partial charge in [0.05, 0.1) is 10.5 Å². The standard InChI is InChI=1S/C11H9BrClN3OS/c1-18(2,6-17)16-11-14-5-7-9(15-11)4-3-8(12)10(7)13/h3-5H,1-2H3. The molecular weight excluding hydrogens is 338 g/mol. The van der Waals surface area contributed by atoms with Crippen molar-refractivity contribution in [2.45, 2.75) is 0 Å². The Kier molecular flexibility index (Phi) is 3.73. The molecule has 0 N–H and O–H groups in total. The van der Waals surface area contributed by atoms with Gasteiger partial charge in [-0.15, -0.1) is 0 Å². The third kappa shape index (κ3) is 2.72. The van der Waals surface area contributed by atoms with Crippen molar-refractivity contribution in [1.82, 2.24) is 9.97 Å². The summed E-state index contributed by atoms with van der Waals surface area (Å²) in [4.78, 5) is 19.1. The van der Waals surface area contributed by atoms with Crippen LogP contribution in [0.2, 0.25) is 5.02 Å². The first-order valence-corrected chi connectivity index (χ1v) is 8.46. The normalized spacial score (nSPS) is 11.3. The van der Waals surface area contributed by atoms with Gasteiger partial charge in [-0.1, -0.05) is 21.0 Å². The van der Waals surface area contributed by atoms with Crippen LogP contribution in [-0.4, -0.2) is 27.7 Å². The Morgan fingerprint density at radius 3 is 2.83 bits per heavy atom. The monoisotopic (exact) mass is 345 g/mol. The number of benzene rings is 1. The van der Waals surface area contributed by atoms with Crippen molar-refractivity contribution in [2.24, 2.45) is 4.36 Å². The van der Waals surface area contributed by atoms with Gasteiger partial charge in [0.1, 0.15) is 0 Å². The maximum atomic E-state index is 10.7. The number of hydrogen-bond acceptors (Lipinski definition) is 4. The maximum absolute atomic E-state index is 10.7. The maximum Gasteiger partial charge on any atom is 0.256 e. The number of nitrogens with zero attached hydrogens (tertiary/aromatic N) is 3. The van der Waals surface area contributed by atoms with Crippen molar-refractivity contribution in [1.29, 1.82) is 0 Å². The molecule has 0 saturated heterocycles. The van der Waals surface area contributed by atoms with E-state index in [-0.39, 0.29) is 5.95 Å². The van der Waals surface area contributed by atoms with E-state index in [1.807, 2.05) is 17.4 Å². The largest absolute Gasteiger partial charge is 0.256 e. The lowest BCUT2D eigenvalue weighted by molar-refractivity contribution is 0.571. The van der Waals surface area contributed by atoms with Gasteiger partial charge in [-0.25, -0.2) is 14.8 Å². The van der Waals surface area contributed by atoms with Crippen LogP contribution in [0.15, 0.2) is 27.2 Å². The number of aromatic nitrogens is 2. The molecule has 4 nitrogen and oxygen atoms in total. The number of halogens is 2. The van der Waals surface area contributed by atoms with Gasteiger partial charge in [-0.05, 0) is 40.6 Å². The molecule has 1 aromatic heterocycles. The van der Waals surface area contributed by atoms with Gasteiger partial charge in [0.2, 0.25) is 0 Å². The number of fused-ring (bicyclic) bond motifs is 1. The number of rotatable bonds is 1. The molecule has 18 heavy (non-hydrogen) atoms. The second-order valence-electron chi connectivity index (χ2n) is 3.91. The van der Waals surface area contributed by atoms with Gasteiger partial charge in [-0.2, -0.15) is 4.36 Å². The predicted molar refractivity (Wildman–Crippen MR) is 79.2 cm³/mol. The fourth-order valence-corrected chi connectivity index (χ4v) is 2.39. The van der Waals surface area contributed by atoms with Crippen molar-refractivity contribution in [3.05, 3.63) is 27.8 Å². The zero-order valence-electron chi connectivity index (χ0n) is 9.65. The van der Waals surface area contributed by atoms with Crippen LogP contribution in [0.1, 0.15) is 0 Å². The third-order valence-electron chi connectivity index (χ3n) is 2.15. The Hall–Kier alpha value is -0.940. The molecule has 0 amide bonds. The molecular formula is C11H9BrClN3OS. The first-order valence-electron chi connectivity index (χ1n) is 4.89. The van der Waals surface area contributed by atoms with Crippen molar-refractivity contribution in [2.75, 3.05) is 12.5 Å². The van der Waals surface area contributed by atoms with E-state index in [1.165, 1.54) is 0 Å². The summed E-state index contributed by atoms with van der Waals surface area (Å²) in [5.41, 5.74) is 0.693. The molecule has 1 aromatic carbocycles. The van der Waals surface area contributed by atoms with Gasteiger partial charge >= 0.3 is 0 Å². The topological polar surface area (TPSA) is 55.2 Å². The van der Waals surface area contributed by atoms with Crippen LogP contribution in [0.3, 0.4) is 0 Å². The zero-order valence-corrected chi connectivity index (χ0v) is 12.8. The summed E-state index contributed by atoms with van der Waals surface area (Å²) >= 11 is 9.46. The molecule has 0 aliphatic rings. The molecule has 94 valence electrons. The van der Waals surface area contributed by atoms with Gasteiger partial charge < -0.3 is 0 Å². The third-order valence-corrected chi connectivity index (χ3v) is 4.48. The Labute approximate surface area is 118 Å². The van der Waals surface area contributed by atoms with E-state index in [4.69, 9.17) is 11.6 Å². The van der Waals surface area contributed by atoms with E-state index < -0.39 is 9.41 Å². The van der Waals surface area contributed by atoms with Gasteiger partial charge in [0, 0.05) is 16.1 Å². The SMILES string of the molecule is CS(C)(=C=O)=Nc1ncc2c(Cl)c(Br)ccc2n1. The van der Waals surface area contributed by atoms with E-state index >= 15 is 0 Å². The average molecular weight is 347 g/mol. The predicted octanol–water partition coefficient (Wildman–Crippen LogP) is 3.34. The minimum absolute atomic E-state index is 0.282. The highest BCUT2D eigenvalue weighted by molar-refractivity contribution is 9.10. The quantitative estimate of drug-likeness (QED) is 0.744. The summed E-state index contributed by atoms with van der Waals surface area (Å²) in [5, 5.41) is 3.22. The summed E-state index contributed by atoms with van der Waals surface area (Å²) in [6, 6.07) is 3.63. The lowest BCUT2D eigenvalue weighted by atomic mass is 10.2. The smallest absolute Gasteiger partial charge is 0.226 e. The average Bonchev–Trinajstić information content (AvgIpc) is 2.34. The van der Waals surface area contributed by atoms with Crippen LogP contribution < -0.4 is 0 Å². The molecule has 0 bridgehead atoms. The first-order chi connectivity index (χ1) is 8.43. The summed E-state index contributed by atoms with van der Waals surface area (Å²) in [5.74, 6) is 0.282. The molecule has 0 radical (unpaired) electrons. The Bertz CT molecular complexity index is 769. The van der Waals surface area contributed by atoms with Crippen molar-refractivity contribution >= 4 is 59.0 Å². The summed E-state index contributed by atoms with van der Waals surface area (Å²) in [6.45, 7) is 0. The van der Waals surface area contributed by atoms with Crippen LogP contribution in [-0.2, 0) is 14.2 Å². The molecule has 0 aliphatic carbocycles. The zero-order chi connectivity index (χ0) is 13.3. The molecule has 0 atom stereocenters. The molecule has 0 aliphatic heterocycles. The molecule has 0 saturated carbocycles. The van der Waals surface area contributed by atoms with Crippen LogP contribution in [0.4, 0.5) is 5.95 Å². The summed E-state index contributed by atoms with van der Waals surface area (Å²) < 4.78 is 4.98. The van der Waals surface area contributed by atoms with Crippen LogP contribution >= 0.6 is 27.5 Å². The minimum Gasteiger partial charge on any atom is -0.226 e. The number of carbonyl (C=O) groups excluding carboxylic acids is 1. The van der Waals surface area contributed by atoms with E-state index in [0.29, 0.717) is 10.5 Å². The van der Waals surface area contributed by atoms with E-state index in [0.717, 1.165) is 9.86 Å². The van der Waals surface area contributed by atoms with Crippen molar-refractivity contribution < 1.29 is 4.79 Å². The van der Waals surface area contributed by atoms with Crippen LogP contribution in [0, 0.1) is 0 Å². The number of hydrogen-bond donors (Lipinski definition) is 0. The fourth-order valence-electron chi connectivity index (χ4n) is 1.30.